The number of benzene rings is 2. The molecule has 1 amide bonds. The number of aliphatic carboxylic acids is 1. The lowest BCUT2D eigenvalue weighted by Gasteiger charge is -2.17. The van der Waals surface area contributed by atoms with Gasteiger partial charge in [0, 0.05) is 14.2 Å². The molecule has 0 aliphatic carbocycles. The molecule has 2 rings (SSSR count). The van der Waals surface area contributed by atoms with Gasteiger partial charge in [0.25, 0.3) is 0 Å². The molecule has 2 N–H and O–H groups in total. The first kappa shape index (κ1) is 17.9. The first-order chi connectivity index (χ1) is 11.6. The number of ether oxygens (including phenoxy) is 2. The van der Waals surface area contributed by atoms with Crippen molar-refractivity contribution in [2.24, 2.45) is 5.92 Å². The number of carbonyl (C=O) groups excluding carboxylic acids is 1. The molecule has 128 valence electrons. The fourth-order valence-corrected chi connectivity index (χ4v) is 2.55. The van der Waals surface area contributed by atoms with Crippen molar-refractivity contribution in [2.75, 3.05) is 20.8 Å². The Morgan fingerprint density at radius 3 is 2.42 bits per heavy atom. The summed E-state index contributed by atoms with van der Waals surface area (Å²) in [5, 5.41) is 14.0. The van der Waals surface area contributed by atoms with E-state index in [1.807, 2.05) is 42.5 Å². The van der Waals surface area contributed by atoms with Crippen LogP contribution in [0.15, 0.2) is 42.5 Å². The average Bonchev–Trinajstić information content (AvgIpc) is 2.60. The van der Waals surface area contributed by atoms with Gasteiger partial charge in [0.05, 0.1) is 6.54 Å². The van der Waals surface area contributed by atoms with E-state index in [0.29, 0.717) is 0 Å². The zero-order chi connectivity index (χ0) is 17.5. The highest BCUT2D eigenvalue weighted by atomic mass is 16.7. The van der Waals surface area contributed by atoms with Crippen LogP contribution in [-0.4, -0.2) is 44.0 Å². The number of carboxylic acid groups (broad SMARTS) is 1. The van der Waals surface area contributed by atoms with E-state index in [1.165, 1.54) is 14.2 Å². The molecule has 0 aliphatic rings. The van der Waals surface area contributed by atoms with E-state index in [2.05, 4.69) is 5.32 Å². The van der Waals surface area contributed by atoms with Crippen LogP contribution < -0.4 is 5.32 Å². The molecule has 1 atom stereocenters. The lowest BCUT2D eigenvalue weighted by atomic mass is 9.94. The summed E-state index contributed by atoms with van der Waals surface area (Å²) in [5.41, 5.74) is 0.825. The number of carboxylic acids is 1. The summed E-state index contributed by atoms with van der Waals surface area (Å²) in [4.78, 5) is 23.8. The molecular weight excluding hydrogens is 310 g/mol. The van der Waals surface area contributed by atoms with Crippen molar-refractivity contribution in [3.63, 3.8) is 0 Å². The van der Waals surface area contributed by atoms with Crippen molar-refractivity contribution in [3.05, 3.63) is 48.0 Å². The minimum atomic E-state index is -1.18. The van der Waals surface area contributed by atoms with Crippen LogP contribution in [0, 0.1) is 5.92 Å². The SMILES string of the molecule is COC(CNC(=O)[C@H](Cc1cccc2ccccc12)C(=O)O)OC. The van der Waals surface area contributed by atoms with E-state index in [4.69, 9.17) is 9.47 Å². The van der Waals surface area contributed by atoms with Gasteiger partial charge < -0.3 is 19.9 Å². The number of amides is 1. The Hall–Kier alpha value is -2.44. The van der Waals surface area contributed by atoms with E-state index in [0.717, 1.165) is 16.3 Å². The van der Waals surface area contributed by atoms with Crippen LogP contribution >= 0.6 is 0 Å². The Kier molecular flexibility index (Phi) is 6.28. The Labute approximate surface area is 140 Å². The molecule has 6 heteroatoms. The summed E-state index contributed by atoms with van der Waals surface area (Å²) < 4.78 is 9.96. The molecule has 0 aromatic heterocycles. The number of carbonyl (C=O) groups is 2. The van der Waals surface area contributed by atoms with Crippen molar-refractivity contribution >= 4 is 22.6 Å². The molecule has 0 bridgehead atoms. The second-order valence-corrected chi connectivity index (χ2v) is 5.38. The molecule has 0 unspecified atom stereocenters. The maximum Gasteiger partial charge on any atom is 0.316 e. The largest absolute Gasteiger partial charge is 0.481 e. The third-order valence-corrected chi connectivity index (χ3v) is 3.89. The van der Waals surface area contributed by atoms with Crippen molar-refractivity contribution < 1.29 is 24.2 Å². The predicted molar refractivity (Wildman–Crippen MR) is 89.6 cm³/mol. The van der Waals surface area contributed by atoms with E-state index < -0.39 is 24.1 Å². The van der Waals surface area contributed by atoms with Gasteiger partial charge in [0.2, 0.25) is 5.91 Å². The van der Waals surface area contributed by atoms with Crippen LogP contribution in [0.2, 0.25) is 0 Å². The van der Waals surface area contributed by atoms with Gasteiger partial charge in [0.15, 0.2) is 6.29 Å². The first-order valence-electron chi connectivity index (χ1n) is 7.59. The van der Waals surface area contributed by atoms with Gasteiger partial charge in [-0.1, -0.05) is 42.5 Å². The van der Waals surface area contributed by atoms with Gasteiger partial charge in [-0.2, -0.15) is 0 Å². The third-order valence-electron chi connectivity index (χ3n) is 3.89. The second kappa shape index (κ2) is 8.42. The van der Waals surface area contributed by atoms with Gasteiger partial charge >= 0.3 is 5.97 Å². The van der Waals surface area contributed by atoms with Crippen molar-refractivity contribution in [2.45, 2.75) is 12.7 Å². The average molecular weight is 331 g/mol. The number of rotatable bonds is 8. The van der Waals surface area contributed by atoms with Gasteiger partial charge in [0.1, 0.15) is 5.92 Å². The molecule has 24 heavy (non-hydrogen) atoms. The van der Waals surface area contributed by atoms with Crippen molar-refractivity contribution in [3.8, 4) is 0 Å². The Balaban J connectivity index is 2.16. The Morgan fingerprint density at radius 1 is 1.08 bits per heavy atom. The number of hydrogen-bond acceptors (Lipinski definition) is 4. The smallest absolute Gasteiger partial charge is 0.316 e. The summed E-state index contributed by atoms with van der Waals surface area (Å²) >= 11 is 0. The molecule has 2 aromatic rings. The van der Waals surface area contributed by atoms with Crippen LogP contribution in [0.1, 0.15) is 5.56 Å². The van der Waals surface area contributed by atoms with Crippen molar-refractivity contribution in [1.82, 2.24) is 5.32 Å². The van der Waals surface area contributed by atoms with Crippen LogP contribution in [0.25, 0.3) is 10.8 Å². The highest BCUT2D eigenvalue weighted by Crippen LogP contribution is 2.21. The van der Waals surface area contributed by atoms with Crippen LogP contribution in [-0.2, 0) is 25.5 Å². The van der Waals surface area contributed by atoms with Gasteiger partial charge in [-0.25, -0.2) is 0 Å². The molecule has 6 nitrogen and oxygen atoms in total. The highest BCUT2D eigenvalue weighted by Gasteiger charge is 2.27. The molecule has 0 spiro atoms. The summed E-state index contributed by atoms with van der Waals surface area (Å²) in [6.07, 6.45) is -0.492. The molecule has 0 fully saturated rings. The molecule has 0 saturated heterocycles. The molecule has 0 heterocycles. The van der Waals surface area contributed by atoms with Gasteiger partial charge in [-0.05, 0) is 22.8 Å². The number of methoxy groups -OCH3 is 2. The molecule has 0 aliphatic heterocycles. The van der Waals surface area contributed by atoms with E-state index in [9.17, 15) is 14.7 Å². The molecule has 2 aromatic carbocycles. The maximum absolute atomic E-state index is 12.3. The minimum absolute atomic E-state index is 0.0884. The third kappa shape index (κ3) is 4.31. The van der Waals surface area contributed by atoms with Crippen molar-refractivity contribution in [1.29, 1.82) is 0 Å². The quantitative estimate of drug-likeness (QED) is 0.569. The number of nitrogens with one attached hydrogen (secondary N) is 1. The monoisotopic (exact) mass is 331 g/mol. The predicted octanol–water partition coefficient (Wildman–Crippen LogP) is 1.82. The zero-order valence-corrected chi connectivity index (χ0v) is 13.7. The first-order valence-corrected chi connectivity index (χ1v) is 7.59. The summed E-state index contributed by atoms with van der Waals surface area (Å²) in [5.74, 6) is -2.90. The second-order valence-electron chi connectivity index (χ2n) is 5.38. The zero-order valence-electron chi connectivity index (χ0n) is 13.7. The summed E-state index contributed by atoms with van der Waals surface area (Å²) in [6, 6.07) is 13.4. The number of fused-ring (bicyclic) bond motifs is 1. The molecular formula is C18H21NO5. The number of hydrogen-bond donors (Lipinski definition) is 2. The lowest BCUT2D eigenvalue weighted by Crippen LogP contribution is -2.41. The van der Waals surface area contributed by atoms with E-state index >= 15 is 0 Å². The highest BCUT2D eigenvalue weighted by molar-refractivity contribution is 5.98. The normalized spacial score (nSPS) is 12.3. The maximum atomic E-state index is 12.3. The van der Waals surface area contributed by atoms with Crippen LogP contribution in [0.3, 0.4) is 0 Å². The Bertz CT molecular complexity index is 706. The van der Waals surface area contributed by atoms with E-state index in [-0.39, 0.29) is 13.0 Å². The summed E-state index contributed by atoms with van der Waals surface area (Å²) in [7, 11) is 2.90. The minimum Gasteiger partial charge on any atom is -0.481 e. The lowest BCUT2D eigenvalue weighted by molar-refractivity contribution is -0.148. The standard InChI is InChI=1S/C18H21NO5/c1-23-16(24-2)11-19-17(20)15(18(21)22)10-13-8-5-7-12-6-3-4-9-14(12)13/h3-9,15-16H,10-11H2,1-2H3,(H,19,20)(H,21,22)/t15-/m0/s1. The van der Waals surface area contributed by atoms with Gasteiger partial charge in [-0.15, -0.1) is 0 Å². The summed E-state index contributed by atoms with van der Waals surface area (Å²) in [6.45, 7) is 0.0884. The van der Waals surface area contributed by atoms with Gasteiger partial charge in [-0.3, -0.25) is 9.59 Å². The fourth-order valence-electron chi connectivity index (χ4n) is 2.55. The topological polar surface area (TPSA) is 84.9 Å². The molecule has 0 saturated carbocycles. The van der Waals surface area contributed by atoms with Crippen LogP contribution in [0.4, 0.5) is 0 Å². The molecule has 0 radical (unpaired) electrons. The fraction of sp³-hybridized carbons (Fsp3) is 0.333. The Morgan fingerprint density at radius 2 is 1.75 bits per heavy atom. The van der Waals surface area contributed by atoms with E-state index in [1.54, 1.807) is 0 Å². The van der Waals surface area contributed by atoms with Crippen LogP contribution in [0.5, 0.6) is 0 Å².